The van der Waals surface area contributed by atoms with Gasteiger partial charge in [-0.15, -0.1) is 0 Å². The fourth-order valence-electron chi connectivity index (χ4n) is 3.12. The topological polar surface area (TPSA) is 66.9 Å². The van der Waals surface area contributed by atoms with Crippen molar-refractivity contribution in [2.24, 2.45) is 0 Å². The van der Waals surface area contributed by atoms with Gasteiger partial charge in [-0.3, -0.25) is 4.79 Å². The van der Waals surface area contributed by atoms with Crippen LogP contribution in [0.3, 0.4) is 0 Å². The van der Waals surface area contributed by atoms with Crippen LogP contribution < -0.4 is 4.74 Å². The first-order chi connectivity index (χ1) is 13.3. The summed E-state index contributed by atoms with van der Waals surface area (Å²) in [5.41, 5.74) is 0.202. The van der Waals surface area contributed by atoms with Crippen LogP contribution >= 0.6 is 11.6 Å². The zero-order chi connectivity index (χ0) is 20.3. The lowest BCUT2D eigenvalue weighted by atomic mass is 10.1. The number of halogens is 1. The predicted molar refractivity (Wildman–Crippen MR) is 108 cm³/mol. The van der Waals surface area contributed by atoms with Crippen molar-refractivity contribution in [3.05, 3.63) is 59.1 Å². The maximum absolute atomic E-state index is 13.0. The average molecular weight is 423 g/mol. The number of sulfonamides is 1. The lowest BCUT2D eigenvalue weighted by molar-refractivity contribution is 0.0592. The third-order valence-corrected chi connectivity index (χ3v) is 6.85. The van der Waals surface area contributed by atoms with Gasteiger partial charge in [-0.2, -0.15) is 0 Å². The molecule has 3 rings (SSSR count). The molecule has 0 N–H and O–H groups in total. The van der Waals surface area contributed by atoms with Crippen molar-refractivity contribution < 1.29 is 17.9 Å². The van der Waals surface area contributed by atoms with Crippen LogP contribution in [-0.4, -0.2) is 56.8 Å². The second kappa shape index (κ2) is 8.51. The lowest BCUT2D eigenvalue weighted by Gasteiger charge is -2.32. The molecule has 1 amide bonds. The van der Waals surface area contributed by atoms with Crippen LogP contribution in [0.15, 0.2) is 53.4 Å². The smallest absolute Gasteiger partial charge is 0.255 e. The molecule has 1 saturated heterocycles. The number of rotatable bonds is 5. The number of hydrogen-bond acceptors (Lipinski definition) is 4. The van der Waals surface area contributed by atoms with Crippen molar-refractivity contribution in [2.75, 3.05) is 27.2 Å². The molecule has 1 heterocycles. The minimum atomic E-state index is -3.70. The van der Waals surface area contributed by atoms with Crippen LogP contribution in [-0.2, 0) is 10.0 Å². The van der Waals surface area contributed by atoms with Crippen LogP contribution in [0.4, 0.5) is 0 Å². The molecule has 2 aromatic rings. The summed E-state index contributed by atoms with van der Waals surface area (Å²) in [4.78, 5) is 14.7. The van der Waals surface area contributed by atoms with Gasteiger partial charge >= 0.3 is 0 Å². The molecular formula is C20H23ClN2O4S. The Hall–Kier alpha value is -2.09. The third kappa shape index (κ3) is 4.48. The molecular weight excluding hydrogens is 400 g/mol. The summed E-state index contributed by atoms with van der Waals surface area (Å²) in [6.45, 7) is 1.01. The van der Waals surface area contributed by atoms with E-state index in [1.807, 2.05) is 12.1 Å². The molecule has 1 aliphatic heterocycles. The van der Waals surface area contributed by atoms with Gasteiger partial charge in [-0.25, -0.2) is 12.7 Å². The minimum absolute atomic E-state index is 0.00553. The van der Waals surface area contributed by atoms with Crippen LogP contribution in [0.5, 0.6) is 5.75 Å². The molecule has 0 aliphatic carbocycles. The van der Waals surface area contributed by atoms with E-state index in [1.54, 1.807) is 35.2 Å². The fourth-order valence-corrected chi connectivity index (χ4v) is 4.32. The fraction of sp³-hybridized carbons (Fsp3) is 0.350. The van der Waals surface area contributed by atoms with Crippen molar-refractivity contribution in [1.82, 2.24) is 9.21 Å². The van der Waals surface area contributed by atoms with E-state index < -0.39 is 10.0 Å². The number of likely N-dealkylation sites (tertiary alicyclic amines) is 1. The molecule has 0 atom stereocenters. The predicted octanol–water partition coefficient (Wildman–Crippen LogP) is 3.27. The summed E-state index contributed by atoms with van der Waals surface area (Å²) in [6.07, 6.45) is 1.36. The van der Waals surface area contributed by atoms with E-state index in [1.165, 1.54) is 20.2 Å². The minimum Gasteiger partial charge on any atom is -0.490 e. The van der Waals surface area contributed by atoms with Gasteiger partial charge in [0.15, 0.2) is 0 Å². The summed E-state index contributed by atoms with van der Waals surface area (Å²) < 4.78 is 32.2. The van der Waals surface area contributed by atoms with E-state index in [0.717, 1.165) is 10.1 Å². The summed E-state index contributed by atoms with van der Waals surface area (Å²) in [5.74, 6) is 0.475. The van der Waals surface area contributed by atoms with E-state index in [4.69, 9.17) is 16.3 Å². The van der Waals surface area contributed by atoms with Crippen molar-refractivity contribution in [3.63, 3.8) is 0 Å². The van der Waals surface area contributed by atoms with Crippen LogP contribution in [0.2, 0.25) is 5.02 Å². The van der Waals surface area contributed by atoms with E-state index in [2.05, 4.69) is 0 Å². The van der Waals surface area contributed by atoms with E-state index in [-0.39, 0.29) is 22.5 Å². The number of nitrogens with zero attached hydrogens (tertiary/aromatic N) is 2. The highest BCUT2D eigenvalue weighted by molar-refractivity contribution is 7.89. The Morgan fingerprint density at radius 2 is 1.68 bits per heavy atom. The van der Waals surface area contributed by atoms with Gasteiger partial charge < -0.3 is 9.64 Å². The van der Waals surface area contributed by atoms with E-state index >= 15 is 0 Å². The summed E-state index contributed by atoms with van der Waals surface area (Å²) in [5, 5.41) is 0.652. The molecule has 8 heteroatoms. The monoisotopic (exact) mass is 422 g/mol. The van der Waals surface area contributed by atoms with Gasteiger partial charge in [0.05, 0.1) is 10.5 Å². The molecule has 1 aliphatic rings. The first-order valence-corrected chi connectivity index (χ1v) is 10.8. The Bertz CT molecular complexity index is 937. The number of carbonyl (C=O) groups excluding carboxylic acids is 1. The molecule has 0 spiro atoms. The number of carbonyl (C=O) groups is 1. The summed E-state index contributed by atoms with van der Waals surface area (Å²) >= 11 is 5.89. The molecule has 150 valence electrons. The van der Waals surface area contributed by atoms with Gasteiger partial charge in [0.1, 0.15) is 11.9 Å². The Labute approximate surface area is 170 Å². The number of hydrogen-bond donors (Lipinski definition) is 0. The molecule has 0 unspecified atom stereocenters. The van der Waals surface area contributed by atoms with Gasteiger partial charge in [-0.05, 0) is 36.4 Å². The number of benzene rings is 2. The number of ether oxygens (including phenoxy) is 1. The Morgan fingerprint density at radius 3 is 2.29 bits per heavy atom. The average Bonchev–Trinajstić information content (AvgIpc) is 2.69. The Balaban J connectivity index is 1.68. The second-order valence-electron chi connectivity index (χ2n) is 6.85. The Morgan fingerprint density at radius 1 is 1.07 bits per heavy atom. The molecule has 0 saturated carbocycles. The maximum Gasteiger partial charge on any atom is 0.255 e. The van der Waals surface area contributed by atoms with Crippen LogP contribution in [0.1, 0.15) is 23.2 Å². The van der Waals surface area contributed by atoms with Crippen molar-refractivity contribution in [2.45, 2.75) is 23.8 Å². The highest BCUT2D eigenvalue weighted by Crippen LogP contribution is 2.24. The van der Waals surface area contributed by atoms with E-state index in [0.29, 0.717) is 31.0 Å². The summed E-state index contributed by atoms with van der Waals surface area (Å²) in [6, 6.07) is 13.5. The maximum atomic E-state index is 13.0. The first-order valence-electron chi connectivity index (χ1n) is 9.02. The highest BCUT2D eigenvalue weighted by atomic mass is 35.5. The molecule has 1 fully saturated rings. The van der Waals surface area contributed by atoms with Crippen molar-refractivity contribution in [1.29, 1.82) is 0 Å². The SMILES string of the molecule is CN(C)S(=O)(=O)c1ccccc1C(=O)N1CCC(Oc2ccc(Cl)cc2)CC1. The third-order valence-electron chi connectivity index (χ3n) is 4.72. The highest BCUT2D eigenvalue weighted by Gasteiger charge is 2.29. The first kappa shape index (κ1) is 20.6. The van der Waals surface area contributed by atoms with Crippen LogP contribution in [0.25, 0.3) is 0 Å². The van der Waals surface area contributed by atoms with Gasteiger partial charge in [0.2, 0.25) is 10.0 Å². The molecule has 0 bridgehead atoms. The molecule has 0 aromatic heterocycles. The quantitative estimate of drug-likeness (QED) is 0.741. The molecule has 2 aromatic carbocycles. The van der Waals surface area contributed by atoms with Crippen molar-refractivity contribution >= 4 is 27.5 Å². The van der Waals surface area contributed by atoms with Crippen molar-refractivity contribution in [3.8, 4) is 5.75 Å². The molecule has 6 nitrogen and oxygen atoms in total. The number of amides is 1. The van der Waals surface area contributed by atoms with Gasteiger partial charge in [0, 0.05) is 45.0 Å². The summed E-state index contributed by atoms with van der Waals surface area (Å²) in [7, 11) is -0.787. The zero-order valence-corrected chi connectivity index (χ0v) is 17.4. The standard InChI is InChI=1S/C20H23ClN2O4S/c1-22(2)28(25,26)19-6-4-3-5-18(19)20(24)23-13-11-17(12-14-23)27-16-9-7-15(21)8-10-16/h3-10,17H,11-14H2,1-2H3. The van der Waals surface area contributed by atoms with Gasteiger partial charge in [0.25, 0.3) is 5.91 Å². The normalized spacial score (nSPS) is 15.6. The lowest BCUT2D eigenvalue weighted by Crippen LogP contribution is -2.42. The number of piperidine rings is 1. The van der Waals surface area contributed by atoms with Gasteiger partial charge in [-0.1, -0.05) is 23.7 Å². The second-order valence-corrected chi connectivity index (χ2v) is 9.40. The van der Waals surface area contributed by atoms with E-state index in [9.17, 15) is 13.2 Å². The zero-order valence-electron chi connectivity index (χ0n) is 15.8. The Kier molecular flexibility index (Phi) is 6.27. The molecule has 28 heavy (non-hydrogen) atoms. The molecule has 0 radical (unpaired) electrons. The van der Waals surface area contributed by atoms with Crippen LogP contribution in [0, 0.1) is 0 Å². The largest absolute Gasteiger partial charge is 0.490 e.